The summed E-state index contributed by atoms with van der Waals surface area (Å²) in [5, 5.41) is 0. The summed E-state index contributed by atoms with van der Waals surface area (Å²) in [5.41, 5.74) is 0. The molecule has 2 atom stereocenters. The molecule has 0 aliphatic carbocycles. The molecule has 88 valence electrons. The summed E-state index contributed by atoms with van der Waals surface area (Å²) in [4.78, 5) is 0. The minimum absolute atomic E-state index is 0.136. The van der Waals surface area contributed by atoms with Gasteiger partial charge in [0, 0.05) is 6.42 Å². The Bertz CT molecular complexity index is 166. The van der Waals surface area contributed by atoms with Crippen molar-refractivity contribution in [2.75, 3.05) is 13.2 Å². The molecule has 0 aromatic heterocycles. The lowest BCUT2D eigenvalue weighted by atomic mass is 10.1. The van der Waals surface area contributed by atoms with E-state index in [1.807, 2.05) is 0 Å². The maximum absolute atomic E-state index is 5.57. The Kier molecular flexibility index (Phi) is 6.44. The quantitative estimate of drug-likeness (QED) is 0.242. The van der Waals surface area contributed by atoms with E-state index in [0.29, 0.717) is 12.7 Å². The lowest BCUT2D eigenvalue weighted by Gasteiger charge is -2.16. The monoisotopic (exact) mass is 214 g/mol. The maximum atomic E-state index is 5.57. The Balaban J connectivity index is 2.02. The molecule has 0 aromatic carbocycles. The van der Waals surface area contributed by atoms with Crippen LogP contribution in [0, 0.1) is 0 Å². The zero-order valence-electron chi connectivity index (χ0n) is 9.61. The average molecular weight is 214 g/mol. The summed E-state index contributed by atoms with van der Waals surface area (Å²) in [5.74, 6) is 0. The number of hydrogen-bond acceptors (Lipinski definition) is 3. The van der Waals surface area contributed by atoms with E-state index < -0.39 is 0 Å². The van der Waals surface area contributed by atoms with Gasteiger partial charge in [0.05, 0.1) is 19.5 Å². The van der Waals surface area contributed by atoms with Gasteiger partial charge in [-0.05, 0) is 6.42 Å². The lowest BCUT2D eigenvalue weighted by Crippen LogP contribution is -2.17. The zero-order chi connectivity index (χ0) is 10.9. The van der Waals surface area contributed by atoms with E-state index in [-0.39, 0.29) is 6.29 Å². The summed E-state index contributed by atoms with van der Waals surface area (Å²) >= 11 is 0. The van der Waals surface area contributed by atoms with Crippen LogP contribution in [-0.4, -0.2) is 25.6 Å². The van der Waals surface area contributed by atoms with E-state index in [1.165, 1.54) is 25.5 Å². The minimum atomic E-state index is -0.136. The summed E-state index contributed by atoms with van der Waals surface area (Å²) in [6.07, 6.45) is 7.50. The number of epoxide rings is 1. The smallest absolute Gasteiger partial charge is 0.198 e. The van der Waals surface area contributed by atoms with Gasteiger partial charge in [-0.15, -0.1) is 0 Å². The molecule has 15 heavy (non-hydrogen) atoms. The normalized spacial score (nSPS) is 21.0. The van der Waals surface area contributed by atoms with Crippen LogP contribution in [0.15, 0.2) is 12.8 Å². The molecular formula is C12H22O3. The lowest BCUT2D eigenvalue weighted by molar-refractivity contribution is -0.114. The highest BCUT2D eigenvalue weighted by atomic mass is 16.7. The molecule has 0 spiro atoms. The van der Waals surface area contributed by atoms with Crippen LogP contribution in [0.2, 0.25) is 0 Å². The Morgan fingerprint density at radius 2 is 2.27 bits per heavy atom. The molecular weight excluding hydrogens is 192 g/mol. The standard InChI is InChI=1S/C12H22O3/c1-3-5-6-7-8-12(13-4-2)15-10-11-9-14-11/h4,11-12H,2-3,5-10H2,1H3. The van der Waals surface area contributed by atoms with Gasteiger partial charge in [-0.1, -0.05) is 32.8 Å². The van der Waals surface area contributed by atoms with Crippen LogP contribution in [0.3, 0.4) is 0 Å². The first-order valence-electron chi connectivity index (χ1n) is 5.86. The molecule has 0 N–H and O–H groups in total. The molecule has 1 heterocycles. The van der Waals surface area contributed by atoms with Crippen molar-refractivity contribution < 1.29 is 14.2 Å². The van der Waals surface area contributed by atoms with Crippen molar-refractivity contribution in [3.63, 3.8) is 0 Å². The molecule has 0 amide bonds. The fourth-order valence-corrected chi connectivity index (χ4v) is 1.41. The van der Waals surface area contributed by atoms with Crippen LogP contribution >= 0.6 is 0 Å². The number of unbranched alkanes of at least 4 members (excludes halogenated alkanes) is 3. The highest BCUT2D eigenvalue weighted by Crippen LogP contribution is 2.14. The third-order valence-electron chi connectivity index (χ3n) is 2.41. The van der Waals surface area contributed by atoms with E-state index in [4.69, 9.17) is 14.2 Å². The number of ether oxygens (including phenoxy) is 3. The molecule has 3 heteroatoms. The molecule has 0 saturated carbocycles. The van der Waals surface area contributed by atoms with Crippen molar-refractivity contribution in [2.24, 2.45) is 0 Å². The SMILES string of the molecule is C=COC(CCCCCC)OCC1CO1. The van der Waals surface area contributed by atoms with Gasteiger partial charge in [-0.3, -0.25) is 0 Å². The van der Waals surface area contributed by atoms with Gasteiger partial charge in [0.15, 0.2) is 6.29 Å². The van der Waals surface area contributed by atoms with Crippen LogP contribution in [0.25, 0.3) is 0 Å². The third kappa shape index (κ3) is 6.52. The second-order valence-electron chi connectivity index (χ2n) is 3.87. The highest BCUT2D eigenvalue weighted by molar-refractivity contribution is 4.68. The number of rotatable bonds is 10. The van der Waals surface area contributed by atoms with Gasteiger partial charge >= 0.3 is 0 Å². The molecule has 2 unspecified atom stereocenters. The Hall–Kier alpha value is -0.540. The highest BCUT2D eigenvalue weighted by Gasteiger charge is 2.24. The van der Waals surface area contributed by atoms with Crippen molar-refractivity contribution in [1.29, 1.82) is 0 Å². The van der Waals surface area contributed by atoms with Gasteiger partial charge in [-0.25, -0.2) is 0 Å². The average Bonchev–Trinajstić information content (AvgIpc) is 3.04. The summed E-state index contributed by atoms with van der Waals surface area (Å²) in [6, 6.07) is 0. The van der Waals surface area contributed by atoms with Crippen molar-refractivity contribution in [1.82, 2.24) is 0 Å². The first kappa shape index (κ1) is 12.5. The maximum Gasteiger partial charge on any atom is 0.198 e. The molecule has 1 saturated heterocycles. The van der Waals surface area contributed by atoms with E-state index in [9.17, 15) is 0 Å². The topological polar surface area (TPSA) is 31.0 Å². The molecule has 1 rings (SSSR count). The second kappa shape index (κ2) is 7.71. The second-order valence-corrected chi connectivity index (χ2v) is 3.87. The fourth-order valence-electron chi connectivity index (χ4n) is 1.41. The van der Waals surface area contributed by atoms with E-state index in [1.54, 1.807) is 0 Å². The van der Waals surface area contributed by atoms with Crippen LogP contribution in [0.1, 0.15) is 39.0 Å². The van der Waals surface area contributed by atoms with Crippen molar-refractivity contribution in [2.45, 2.75) is 51.4 Å². The predicted octanol–water partition coefficient (Wildman–Crippen LogP) is 2.86. The molecule has 0 bridgehead atoms. The largest absolute Gasteiger partial charge is 0.473 e. The summed E-state index contributed by atoms with van der Waals surface area (Å²) in [7, 11) is 0. The van der Waals surface area contributed by atoms with Gasteiger partial charge in [0.2, 0.25) is 0 Å². The summed E-state index contributed by atoms with van der Waals surface area (Å²) in [6.45, 7) is 7.24. The van der Waals surface area contributed by atoms with Crippen molar-refractivity contribution >= 4 is 0 Å². The van der Waals surface area contributed by atoms with E-state index in [2.05, 4.69) is 13.5 Å². The van der Waals surface area contributed by atoms with Crippen LogP contribution in [-0.2, 0) is 14.2 Å². The molecule has 3 nitrogen and oxygen atoms in total. The van der Waals surface area contributed by atoms with Crippen LogP contribution in [0.4, 0.5) is 0 Å². The third-order valence-corrected chi connectivity index (χ3v) is 2.41. The Labute approximate surface area is 92.4 Å². The molecule has 1 fully saturated rings. The van der Waals surface area contributed by atoms with Gasteiger partial charge < -0.3 is 14.2 Å². The zero-order valence-corrected chi connectivity index (χ0v) is 9.61. The fraction of sp³-hybridized carbons (Fsp3) is 0.833. The van der Waals surface area contributed by atoms with Crippen molar-refractivity contribution in [3.8, 4) is 0 Å². The molecule has 0 aromatic rings. The Morgan fingerprint density at radius 1 is 1.47 bits per heavy atom. The summed E-state index contributed by atoms with van der Waals surface area (Å²) < 4.78 is 15.9. The first-order chi connectivity index (χ1) is 7.36. The van der Waals surface area contributed by atoms with Gasteiger partial charge in [0.1, 0.15) is 6.10 Å². The molecule has 1 aliphatic rings. The van der Waals surface area contributed by atoms with Gasteiger partial charge in [-0.2, -0.15) is 0 Å². The minimum Gasteiger partial charge on any atom is -0.473 e. The molecule has 0 radical (unpaired) electrons. The Morgan fingerprint density at radius 3 is 2.87 bits per heavy atom. The molecule has 1 aliphatic heterocycles. The van der Waals surface area contributed by atoms with Gasteiger partial charge in [0.25, 0.3) is 0 Å². The first-order valence-corrected chi connectivity index (χ1v) is 5.86. The number of hydrogen-bond donors (Lipinski definition) is 0. The predicted molar refractivity (Wildman–Crippen MR) is 59.5 cm³/mol. The van der Waals surface area contributed by atoms with Crippen LogP contribution in [0.5, 0.6) is 0 Å². The van der Waals surface area contributed by atoms with Crippen molar-refractivity contribution in [3.05, 3.63) is 12.8 Å². The van der Waals surface area contributed by atoms with Crippen LogP contribution < -0.4 is 0 Å². The van der Waals surface area contributed by atoms with E-state index >= 15 is 0 Å². The van der Waals surface area contributed by atoms with E-state index in [0.717, 1.165) is 19.4 Å².